The molecule has 0 aromatic heterocycles. The van der Waals surface area contributed by atoms with Crippen LogP contribution in [0.2, 0.25) is 0 Å². The lowest BCUT2D eigenvalue weighted by Crippen LogP contribution is -2.15. The monoisotopic (exact) mass is 298 g/mol. The van der Waals surface area contributed by atoms with Crippen LogP contribution in [-0.4, -0.2) is 0 Å². The Morgan fingerprint density at radius 2 is 1.35 bits per heavy atom. The van der Waals surface area contributed by atoms with Crippen LogP contribution in [0.3, 0.4) is 0 Å². The Labute approximate surface area is 138 Å². The summed E-state index contributed by atoms with van der Waals surface area (Å²) in [5.41, 5.74) is 11.3. The Bertz CT molecular complexity index is 899. The predicted octanol–water partition coefficient (Wildman–Crippen LogP) is 6.28. The first-order chi connectivity index (χ1) is 11.0. The minimum Gasteiger partial charge on any atom is -0.0622 e. The molecule has 0 heterocycles. The van der Waals surface area contributed by atoms with Gasteiger partial charge in [-0.3, -0.25) is 0 Å². The zero-order valence-corrected chi connectivity index (χ0v) is 14.3. The van der Waals surface area contributed by atoms with Crippen LogP contribution in [0.1, 0.15) is 36.1 Å². The second-order valence-corrected chi connectivity index (χ2v) is 7.15. The quantitative estimate of drug-likeness (QED) is 0.496. The summed E-state index contributed by atoms with van der Waals surface area (Å²) < 4.78 is 0. The second-order valence-electron chi connectivity index (χ2n) is 7.15. The van der Waals surface area contributed by atoms with Gasteiger partial charge in [-0.05, 0) is 58.4 Å². The fraction of sp³-hybridized carbons (Fsp3) is 0.217. The maximum Gasteiger partial charge on any atom is 0.0159 e. The van der Waals surface area contributed by atoms with Crippen molar-refractivity contribution in [3.63, 3.8) is 0 Å². The average Bonchev–Trinajstić information content (AvgIpc) is 2.78. The molecule has 0 aliphatic heterocycles. The molecule has 0 bridgehead atoms. The molecule has 3 aromatic carbocycles. The van der Waals surface area contributed by atoms with Crippen LogP contribution in [0.4, 0.5) is 0 Å². The van der Waals surface area contributed by atoms with Crippen molar-refractivity contribution in [1.29, 1.82) is 0 Å². The zero-order valence-electron chi connectivity index (χ0n) is 14.3. The Morgan fingerprint density at radius 1 is 0.696 bits per heavy atom. The minimum atomic E-state index is 0.0634. The van der Waals surface area contributed by atoms with Crippen molar-refractivity contribution in [2.24, 2.45) is 0 Å². The van der Waals surface area contributed by atoms with Gasteiger partial charge in [0.2, 0.25) is 0 Å². The Balaban J connectivity index is 2.16. The number of benzene rings is 3. The summed E-state index contributed by atoms with van der Waals surface area (Å²) in [6, 6.07) is 22.1. The van der Waals surface area contributed by atoms with Gasteiger partial charge in [0.05, 0.1) is 0 Å². The van der Waals surface area contributed by atoms with Crippen LogP contribution in [0.25, 0.3) is 22.3 Å². The summed E-state index contributed by atoms with van der Waals surface area (Å²) in [5.74, 6) is 0. The number of hydrogen-bond acceptors (Lipinski definition) is 0. The Kier molecular flexibility index (Phi) is 2.99. The summed E-state index contributed by atoms with van der Waals surface area (Å²) >= 11 is 0. The highest BCUT2D eigenvalue weighted by atomic mass is 14.4. The van der Waals surface area contributed by atoms with Crippen LogP contribution < -0.4 is 0 Å². The van der Waals surface area contributed by atoms with Crippen LogP contribution in [0.15, 0.2) is 60.7 Å². The van der Waals surface area contributed by atoms with E-state index in [4.69, 9.17) is 0 Å². The zero-order chi connectivity index (χ0) is 16.2. The first kappa shape index (κ1) is 14.3. The van der Waals surface area contributed by atoms with Crippen molar-refractivity contribution in [2.45, 2.75) is 33.1 Å². The largest absolute Gasteiger partial charge is 0.0622 e. The van der Waals surface area contributed by atoms with Gasteiger partial charge in [0, 0.05) is 5.41 Å². The Hall–Kier alpha value is -2.34. The number of fused-ring (bicyclic) bond motifs is 3. The highest BCUT2D eigenvalue weighted by Crippen LogP contribution is 2.53. The van der Waals surface area contributed by atoms with Crippen molar-refractivity contribution in [2.75, 3.05) is 0 Å². The molecule has 1 aliphatic rings. The molecule has 0 nitrogen and oxygen atoms in total. The molecule has 1 aliphatic carbocycles. The predicted molar refractivity (Wildman–Crippen MR) is 98.9 cm³/mol. The second kappa shape index (κ2) is 4.83. The van der Waals surface area contributed by atoms with Crippen molar-refractivity contribution in [3.05, 3.63) is 82.9 Å². The maximum absolute atomic E-state index is 2.40. The third kappa shape index (κ3) is 1.91. The van der Waals surface area contributed by atoms with Crippen LogP contribution in [0, 0.1) is 13.8 Å². The van der Waals surface area contributed by atoms with Crippen molar-refractivity contribution in [3.8, 4) is 22.3 Å². The van der Waals surface area contributed by atoms with E-state index >= 15 is 0 Å². The van der Waals surface area contributed by atoms with Crippen LogP contribution in [-0.2, 0) is 5.41 Å². The fourth-order valence-corrected chi connectivity index (χ4v) is 4.05. The van der Waals surface area contributed by atoms with E-state index in [2.05, 4.69) is 88.4 Å². The molecule has 0 fully saturated rings. The molecule has 114 valence electrons. The van der Waals surface area contributed by atoms with Crippen molar-refractivity contribution in [1.82, 2.24) is 0 Å². The summed E-state index contributed by atoms with van der Waals surface area (Å²) in [6.07, 6.45) is 0. The summed E-state index contributed by atoms with van der Waals surface area (Å²) in [4.78, 5) is 0. The summed E-state index contributed by atoms with van der Waals surface area (Å²) in [6.45, 7) is 9.19. The SMILES string of the molecule is Cc1cc2c(c(-c3ccccc3)c1C)-c1ccccc1C2(C)C. The van der Waals surface area contributed by atoms with Gasteiger partial charge < -0.3 is 0 Å². The Morgan fingerprint density at radius 3 is 2.09 bits per heavy atom. The van der Waals surface area contributed by atoms with Crippen LogP contribution in [0.5, 0.6) is 0 Å². The molecule has 0 saturated carbocycles. The lowest BCUT2D eigenvalue weighted by Gasteiger charge is -2.23. The van der Waals surface area contributed by atoms with Gasteiger partial charge in [0.1, 0.15) is 0 Å². The molecular formula is C23H22. The molecule has 4 rings (SSSR count). The van der Waals surface area contributed by atoms with Gasteiger partial charge in [0.25, 0.3) is 0 Å². The molecule has 0 saturated heterocycles. The van der Waals surface area contributed by atoms with E-state index in [0.29, 0.717) is 0 Å². The van der Waals surface area contributed by atoms with Gasteiger partial charge >= 0.3 is 0 Å². The molecule has 0 N–H and O–H groups in total. The third-order valence-corrected chi connectivity index (χ3v) is 5.45. The highest BCUT2D eigenvalue weighted by Gasteiger charge is 2.37. The van der Waals surface area contributed by atoms with E-state index in [1.54, 1.807) is 0 Å². The van der Waals surface area contributed by atoms with Crippen molar-refractivity contribution < 1.29 is 0 Å². The lowest BCUT2D eigenvalue weighted by molar-refractivity contribution is 0.659. The standard InChI is InChI=1S/C23H22/c1-15-14-20-22(18-12-8-9-13-19(18)23(20,3)4)21(16(15)2)17-10-6-5-7-11-17/h5-14H,1-4H3. The van der Waals surface area contributed by atoms with E-state index in [-0.39, 0.29) is 5.41 Å². The van der Waals surface area contributed by atoms with E-state index in [0.717, 1.165) is 0 Å². The minimum absolute atomic E-state index is 0.0634. The summed E-state index contributed by atoms with van der Waals surface area (Å²) in [5, 5.41) is 0. The summed E-state index contributed by atoms with van der Waals surface area (Å²) in [7, 11) is 0. The number of rotatable bonds is 1. The van der Waals surface area contributed by atoms with E-state index in [1.807, 2.05) is 0 Å². The first-order valence-corrected chi connectivity index (χ1v) is 8.32. The lowest BCUT2D eigenvalue weighted by atomic mass is 9.80. The average molecular weight is 298 g/mol. The molecule has 0 spiro atoms. The third-order valence-electron chi connectivity index (χ3n) is 5.45. The molecule has 3 aromatic rings. The maximum atomic E-state index is 2.40. The molecule has 0 amide bonds. The van der Waals surface area contributed by atoms with Gasteiger partial charge in [-0.2, -0.15) is 0 Å². The number of hydrogen-bond donors (Lipinski definition) is 0. The van der Waals surface area contributed by atoms with Gasteiger partial charge in [-0.15, -0.1) is 0 Å². The van der Waals surface area contributed by atoms with E-state index in [1.165, 1.54) is 44.5 Å². The topological polar surface area (TPSA) is 0 Å². The van der Waals surface area contributed by atoms with Gasteiger partial charge in [-0.25, -0.2) is 0 Å². The smallest absolute Gasteiger partial charge is 0.0159 e. The molecule has 0 heteroatoms. The normalized spacial score (nSPS) is 14.4. The molecule has 0 radical (unpaired) electrons. The van der Waals surface area contributed by atoms with Gasteiger partial charge in [0.15, 0.2) is 0 Å². The van der Waals surface area contributed by atoms with E-state index < -0.39 is 0 Å². The van der Waals surface area contributed by atoms with Gasteiger partial charge in [-0.1, -0.05) is 74.5 Å². The molecule has 23 heavy (non-hydrogen) atoms. The fourth-order valence-electron chi connectivity index (χ4n) is 4.05. The van der Waals surface area contributed by atoms with Crippen LogP contribution >= 0.6 is 0 Å². The highest BCUT2D eigenvalue weighted by molar-refractivity contribution is 5.94. The molecule has 0 unspecified atom stereocenters. The van der Waals surface area contributed by atoms with Crippen molar-refractivity contribution >= 4 is 0 Å². The molecule has 0 atom stereocenters. The first-order valence-electron chi connectivity index (χ1n) is 8.32. The van der Waals surface area contributed by atoms with E-state index in [9.17, 15) is 0 Å². The number of aryl methyl sites for hydroxylation is 1. The molecular weight excluding hydrogens is 276 g/mol.